The predicted molar refractivity (Wildman–Crippen MR) is 160 cm³/mol. The molecule has 41 heavy (non-hydrogen) atoms. The lowest BCUT2D eigenvalue weighted by atomic mass is 10.0. The van der Waals surface area contributed by atoms with Gasteiger partial charge in [0.05, 0.1) is 0 Å². The average molecular weight is 571 g/mol. The number of halogens is 1. The van der Waals surface area contributed by atoms with Crippen molar-refractivity contribution in [1.82, 2.24) is 24.6 Å². The van der Waals surface area contributed by atoms with E-state index in [4.69, 9.17) is 11.6 Å². The Morgan fingerprint density at radius 3 is 2.41 bits per heavy atom. The Balaban J connectivity index is 1.44. The van der Waals surface area contributed by atoms with Crippen molar-refractivity contribution < 1.29 is 9.59 Å². The monoisotopic (exact) mass is 570 g/mol. The summed E-state index contributed by atoms with van der Waals surface area (Å²) in [5.74, 6) is 0.364. The van der Waals surface area contributed by atoms with Crippen LogP contribution >= 0.6 is 11.6 Å². The number of hydrogen-bond donors (Lipinski definition) is 2. The fourth-order valence-electron chi connectivity index (χ4n) is 4.46. The van der Waals surface area contributed by atoms with Crippen molar-refractivity contribution in [1.29, 1.82) is 0 Å². The van der Waals surface area contributed by atoms with Gasteiger partial charge < -0.3 is 19.8 Å². The van der Waals surface area contributed by atoms with Crippen molar-refractivity contribution in [2.75, 3.05) is 5.32 Å². The van der Waals surface area contributed by atoms with Gasteiger partial charge in [0.2, 0.25) is 5.91 Å². The molecule has 9 nitrogen and oxygen atoms in total. The molecule has 210 valence electrons. The molecule has 0 spiro atoms. The minimum atomic E-state index is -0.476. The molecule has 0 bridgehead atoms. The van der Waals surface area contributed by atoms with Crippen LogP contribution in [0.5, 0.6) is 0 Å². The van der Waals surface area contributed by atoms with Gasteiger partial charge in [0.25, 0.3) is 11.5 Å². The lowest BCUT2D eigenvalue weighted by Gasteiger charge is -2.14. The van der Waals surface area contributed by atoms with Crippen LogP contribution in [0.3, 0.4) is 0 Å². The van der Waals surface area contributed by atoms with Gasteiger partial charge in [-0.15, -0.1) is 10.2 Å². The van der Waals surface area contributed by atoms with Crippen LogP contribution in [-0.4, -0.2) is 31.1 Å². The second-order valence-corrected chi connectivity index (χ2v) is 11.0. The van der Waals surface area contributed by atoms with Crippen LogP contribution in [0.2, 0.25) is 5.02 Å². The normalized spacial score (nSPS) is 13.3. The van der Waals surface area contributed by atoms with E-state index in [2.05, 4.69) is 20.8 Å². The Kier molecular flexibility index (Phi) is 8.16. The zero-order valence-corrected chi connectivity index (χ0v) is 23.9. The van der Waals surface area contributed by atoms with E-state index in [0.717, 1.165) is 29.5 Å². The molecule has 10 heteroatoms. The molecular weight excluding hydrogens is 540 g/mol. The van der Waals surface area contributed by atoms with Gasteiger partial charge in [-0.25, -0.2) is 0 Å². The SMILES string of the molecule is CC(C)n1cc(-c2ccc(Cl)c(/C=C(\NC(=O)CC3CC3)C(=O)Nc3ccc(-c4nncn4C)cc3)c2)ccc1=O. The van der Waals surface area contributed by atoms with Gasteiger partial charge in [0.1, 0.15) is 12.0 Å². The largest absolute Gasteiger partial charge is 0.321 e. The number of carbonyl (C=O) groups is 2. The highest BCUT2D eigenvalue weighted by Crippen LogP contribution is 2.32. The maximum atomic E-state index is 13.4. The number of carbonyl (C=O) groups excluding carboxylic acids is 2. The number of aryl methyl sites for hydroxylation is 1. The highest BCUT2D eigenvalue weighted by atomic mass is 35.5. The maximum absolute atomic E-state index is 13.4. The second-order valence-electron chi connectivity index (χ2n) is 10.5. The third-order valence-electron chi connectivity index (χ3n) is 6.93. The molecule has 1 aliphatic carbocycles. The molecule has 1 aliphatic rings. The predicted octanol–water partition coefficient (Wildman–Crippen LogP) is 5.44. The molecule has 0 saturated heterocycles. The number of aromatic nitrogens is 4. The molecule has 2 N–H and O–H groups in total. The van der Waals surface area contributed by atoms with Crippen molar-refractivity contribution in [3.8, 4) is 22.5 Å². The van der Waals surface area contributed by atoms with Gasteiger partial charge in [0.15, 0.2) is 5.82 Å². The molecule has 0 atom stereocenters. The number of rotatable bonds is 9. The Hall–Kier alpha value is -4.50. The molecule has 2 aromatic carbocycles. The van der Waals surface area contributed by atoms with E-state index in [1.165, 1.54) is 6.07 Å². The number of nitrogens with one attached hydrogen (secondary N) is 2. The first-order valence-electron chi connectivity index (χ1n) is 13.5. The Morgan fingerprint density at radius 2 is 1.76 bits per heavy atom. The van der Waals surface area contributed by atoms with Crippen LogP contribution in [0.25, 0.3) is 28.6 Å². The van der Waals surface area contributed by atoms with Crippen LogP contribution in [0.15, 0.2) is 77.6 Å². The maximum Gasteiger partial charge on any atom is 0.272 e. The summed E-state index contributed by atoms with van der Waals surface area (Å²) in [6.07, 6.45) is 7.40. The molecule has 2 amide bonds. The highest BCUT2D eigenvalue weighted by molar-refractivity contribution is 6.32. The summed E-state index contributed by atoms with van der Waals surface area (Å²) < 4.78 is 3.46. The summed E-state index contributed by atoms with van der Waals surface area (Å²) in [7, 11) is 1.85. The van der Waals surface area contributed by atoms with Crippen LogP contribution < -0.4 is 16.2 Å². The van der Waals surface area contributed by atoms with Crippen LogP contribution in [-0.2, 0) is 16.6 Å². The quantitative estimate of drug-likeness (QED) is 0.260. The molecule has 2 aromatic heterocycles. The lowest BCUT2D eigenvalue weighted by Crippen LogP contribution is -2.30. The summed E-state index contributed by atoms with van der Waals surface area (Å²) in [6, 6.07) is 15.9. The molecule has 2 heterocycles. The Labute approximate surface area is 242 Å². The summed E-state index contributed by atoms with van der Waals surface area (Å²) in [4.78, 5) is 38.4. The number of benzene rings is 2. The first-order valence-corrected chi connectivity index (χ1v) is 13.8. The van der Waals surface area contributed by atoms with Gasteiger partial charge in [-0.2, -0.15) is 0 Å². The average Bonchev–Trinajstić information content (AvgIpc) is 3.66. The molecule has 1 fully saturated rings. The van der Waals surface area contributed by atoms with E-state index in [1.54, 1.807) is 52.0 Å². The highest BCUT2D eigenvalue weighted by Gasteiger charge is 2.25. The Bertz CT molecular complexity index is 1680. The molecule has 0 unspecified atom stereocenters. The zero-order valence-electron chi connectivity index (χ0n) is 23.1. The summed E-state index contributed by atoms with van der Waals surface area (Å²) in [5, 5.41) is 14.1. The number of amides is 2. The third-order valence-corrected chi connectivity index (χ3v) is 7.27. The van der Waals surface area contributed by atoms with Crippen molar-refractivity contribution in [2.45, 2.75) is 39.2 Å². The van der Waals surface area contributed by atoms with Crippen LogP contribution in [0.1, 0.15) is 44.7 Å². The smallest absolute Gasteiger partial charge is 0.272 e. The van der Waals surface area contributed by atoms with Crippen molar-refractivity contribution in [3.63, 3.8) is 0 Å². The second kappa shape index (κ2) is 11.9. The minimum Gasteiger partial charge on any atom is -0.321 e. The fourth-order valence-corrected chi connectivity index (χ4v) is 4.63. The van der Waals surface area contributed by atoms with Crippen LogP contribution in [0.4, 0.5) is 5.69 Å². The van der Waals surface area contributed by atoms with Gasteiger partial charge in [-0.1, -0.05) is 17.7 Å². The number of pyridine rings is 1. The van der Waals surface area contributed by atoms with Gasteiger partial charge in [-0.3, -0.25) is 14.4 Å². The van der Waals surface area contributed by atoms with E-state index < -0.39 is 5.91 Å². The van der Waals surface area contributed by atoms with Crippen molar-refractivity contribution in [2.24, 2.45) is 13.0 Å². The Morgan fingerprint density at radius 1 is 1.05 bits per heavy atom. The van der Waals surface area contributed by atoms with E-state index in [0.29, 0.717) is 34.4 Å². The van der Waals surface area contributed by atoms with E-state index in [9.17, 15) is 14.4 Å². The van der Waals surface area contributed by atoms with E-state index in [-0.39, 0.29) is 23.2 Å². The summed E-state index contributed by atoms with van der Waals surface area (Å²) in [6.45, 7) is 3.89. The molecule has 1 saturated carbocycles. The molecule has 0 radical (unpaired) electrons. The topological polar surface area (TPSA) is 111 Å². The van der Waals surface area contributed by atoms with Crippen molar-refractivity contribution >= 4 is 35.2 Å². The number of anilines is 1. The molecule has 0 aliphatic heterocycles. The standard InChI is InChI=1S/C31H31ClN6O3/c1-19(2)38-17-23(9-13-29(38)40)22-8-12-26(32)24(15-22)16-27(35-28(39)14-20-4-5-20)31(41)34-25-10-6-21(7-11-25)30-36-33-18-37(30)3/h6-13,15-20H,4-5,14H2,1-3H3,(H,34,41)(H,35,39)/b27-16-. The van der Waals surface area contributed by atoms with E-state index in [1.807, 2.05) is 45.2 Å². The van der Waals surface area contributed by atoms with Gasteiger partial charge in [0, 0.05) is 48.0 Å². The summed E-state index contributed by atoms with van der Waals surface area (Å²) in [5.41, 5.74) is 3.61. The van der Waals surface area contributed by atoms with E-state index >= 15 is 0 Å². The molecule has 5 rings (SSSR count). The molecular formula is C31H31ClN6O3. The first kappa shape index (κ1) is 28.0. The fraction of sp³-hybridized carbons (Fsp3) is 0.258. The molecule has 4 aromatic rings. The third kappa shape index (κ3) is 6.81. The summed E-state index contributed by atoms with van der Waals surface area (Å²) >= 11 is 6.55. The number of hydrogen-bond acceptors (Lipinski definition) is 5. The first-order chi connectivity index (χ1) is 19.7. The zero-order chi connectivity index (χ0) is 29.1. The van der Waals surface area contributed by atoms with Crippen molar-refractivity contribution in [3.05, 3.63) is 93.8 Å². The van der Waals surface area contributed by atoms with Crippen LogP contribution in [0, 0.1) is 5.92 Å². The number of nitrogens with zero attached hydrogens (tertiary/aromatic N) is 4. The van der Waals surface area contributed by atoms with Gasteiger partial charge >= 0.3 is 0 Å². The minimum absolute atomic E-state index is 0.000514. The lowest BCUT2D eigenvalue weighted by molar-refractivity contribution is -0.122. The van der Waals surface area contributed by atoms with Gasteiger partial charge in [-0.05, 0) is 97.8 Å².